The number of thiazole rings is 1. The van der Waals surface area contributed by atoms with Gasteiger partial charge in [-0.05, 0) is 0 Å². The average molecular weight is 266 g/mol. The van der Waals surface area contributed by atoms with Gasteiger partial charge in [0.05, 0.1) is 5.01 Å². The maximum absolute atomic E-state index is 12.3. The summed E-state index contributed by atoms with van der Waals surface area (Å²) in [4.78, 5) is 7.40. The van der Waals surface area contributed by atoms with Crippen LogP contribution in [0.2, 0.25) is 0 Å². The SMILES string of the molecule is CN=C(NC)NCCc1nc(C(F)(F)F)cs1. The van der Waals surface area contributed by atoms with Crippen LogP contribution in [0.5, 0.6) is 0 Å². The quantitative estimate of drug-likeness (QED) is 0.644. The highest BCUT2D eigenvalue weighted by Crippen LogP contribution is 2.29. The summed E-state index contributed by atoms with van der Waals surface area (Å²) < 4.78 is 36.8. The molecule has 0 amide bonds. The Morgan fingerprint density at radius 2 is 2.24 bits per heavy atom. The number of aliphatic imine (C=N–C) groups is 1. The number of hydrogen-bond acceptors (Lipinski definition) is 3. The van der Waals surface area contributed by atoms with Gasteiger partial charge in [-0.25, -0.2) is 4.98 Å². The van der Waals surface area contributed by atoms with Crippen LogP contribution in [0.1, 0.15) is 10.7 Å². The minimum absolute atomic E-state index is 0.432. The number of halogens is 3. The van der Waals surface area contributed by atoms with Crippen LogP contribution in [0, 0.1) is 0 Å². The molecule has 0 radical (unpaired) electrons. The number of rotatable bonds is 3. The fourth-order valence-electron chi connectivity index (χ4n) is 1.12. The molecule has 0 aliphatic carbocycles. The largest absolute Gasteiger partial charge is 0.434 e. The molecule has 0 saturated heterocycles. The van der Waals surface area contributed by atoms with E-state index in [4.69, 9.17) is 0 Å². The van der Waals surface area contributed by atoms with E-state index in [1.807, 2.05) is 0 Å². The second-order valence-electron chi connectivity index (χ2n) is 3.12. The van der Waals surface area contributed by atoms with E-state index in [1.165, 1.54) is 0 Å². The fourth-order valence-corrected chi connectivity index (χ4v) is 1.93. The van der Waals surface area contributed by atoms with Crippen molar-refractivity contribution in [3.63, 3.8) is 0 Å². The lowest BCUT2D eigenvalue weighted by Gasteiger charge is -2.06. The Labute approximate surface area is 101 Å². The predicted octanol–water partition coefficient (Wildman–Crippen LogP) is 1.50. The van der Waals surface area contributed by atoms with Crippen molar-refractivity contribution in [3.05, 3.63) is 16.1 Å². The smallest absolute Gasteiger partial charge is 0.359 e. The molecule has 0 fully saturated rings. The first-order valence-corrected chi connectivity index (χ1v) is 5.75. The summed E-state index contributed by atoms with van der Waals surface area (Å²) in [5.41, 5.74) is -0.824. The van der Waals surface area contributed by atoms with Gasteiger partial charge in [-0.1, -0.05) is 0 Å². The van der Waals surface area contributed by atoms with Gasteiger partial charge in [-0.15, -0.1) is 11.3 Å². The van der Waals surface area contributed by atoms with E-state index in [0.717, 1.165) is 16.7 Å². The maximum Gasteiger partial charge on any atom is 0.434 e. The molecule has 0 saturated carbocycles. The number of aromatic nitrogens is 1. The molecule has 0 aliphatic heterocycles. The summed E-state index contributed by atoms with van der Waals surface area (Å²) in [6, 6.07) is 0. The van der Waals surface area contributed by atoms with Gasteiger partial charge in [0.1, 0.15) is 0 Å². The molecule has 0 bridgehead atoms. The minimum atomic E-state index is -4.36. The second-order valence-corrected chi connectivity index (χ2v) is 4.07. The standard InChI is InChI=1S/C9H13F3N4S/c1-13-8(14-2)15-4-3-7-16-6(5-17-7)9(10,11)12/h5H,3-4H2,1-2H3,(H2,13,14,15). The highest BCUT2D eigenvalue weighted by atomic mass is 32.1. The van der Waals surface area contributed by atoms with Crippen molar-refractivity contribution in [2.24, 2.45) is 4.99 Å². The molecule has 2 N–H and O–H groups in total. The van der Waals surface area contributed by atoms with Gasteiger partial charge < -0.3 is 10.6 Å². The van der Waals surface area contributed by atoms with Gasteiger partial charge in [0.25, 0.3) is 0 Å². The molecule has 17 heavy (non-hydrogen) atoms. The van der Waals surface area contributed by atoms with Crippen LogP contribution in [0.4, 0.5) is 13.2 Å². The van der Waals surface area contributed by atoms with Gasteiger partial charge in [0.2, 0.25) is 0 Å². The number of nitrogens with zero attached hydrogens (tertiary/aromatic N) is 2. The molecule has 0 unspecified atom stereocenters. The third kappa shape index (κ3) is 4.22. The topological polar surface area (TPSA) is 49.3 Å². The molecular formula is C9H13F3N4S. The molecule has 0 aliphatic rings. The molecule has 1 rings (SSSR count). The molecular weight excluding hydrogens is 253 g/mol. The van der Waals surface area contributed by atoms with Gasteiger partial charge in [0, 0.05) is 32.4 Å². The Morgan fingerprint density at radius 1 is 1.53 bits per heavy atom. The molecule has 0 spiro atoms. The number of guanidine groups is 1. The van der Waals surface area contributed by atoms with Crippen molar-refractivity contribution in [2.75, 3.05) is 20.6 Å². The Hall–Kier alpha value is -1.31. The van der Waals surface area contributed by atoms with Crippen molar-refractivity contribution in [2.45, 2.75) is 12.6 Å². The van der Waals surface area contributed by atoms with Crippen LogP contribution < -0.4 is 10.6 Å². The zero-order valence-corrected chi connectivity index (χ0v) is 10.2. The first-order valence-electron chi connectivity index (χ1n) is 4.87. The van der Waals surface area contributed by atoms with Crippen LogP contribution in [0.15, 0.2) is 10.4 Å². The number of alkyl halides is 3. The van der Waals surface area contributed by atoms with Crippen LogP contribution in [-0.4, -0.2) is 31.6 Å². The van der Waals surface area contributed by atoms with Crippen LogP contribution in [0.25, 0.3) is 0 Å². The van der Waals surface area contributed by atoms with E-state index >= 15 is 0 Å². The van der Waals surface area contributed by atoms with Gasteiger partial charge in [-0.2, -0.15) is 13.2 Å². The summed E-state index contributed by atoms with van der Waals surface area (Å²) >= 11 is 1.01. The Kier molecular flexibility index (Phi) is 4.73. The Bertz CT molecular complexity index is 386. The lowest BCUT2D eigenvalue weighted by Crippen LogP contribution is -2.35. The summed E-state index contributed by atoms with van der Waals surface area (Å²) in [5, 5.41) is 7.23. The average Bonchev–Trinajstić information content (AvgIpc) is 2.73. The van der Waals surface area contributed by atoms with E-state index in [2.05, 4.69) is 20.6 Å². The highest BCUT2D eigenvalue weighted by molar-refractivity contribution is 7.09. The summed E-state index contributed by atoms with van der Waals surface area (Å²) in [7, 11) is 3.32. The molecule has 96 valence electrons. The van der Waals surface area contributed by atoms with Crippen molar-refractivity contribution in [1.29, 1.82) is 0 Å². The molecule has 1 aromatic rings. The van der Waals surface area contributed by atoms with Crippen molar-refractivity contribution < 1.29 is 13.2 Å². The van der Waals surface area contributed by atoms with Gasteiger partial charge in [-0.3, -0.25) is 4.99 Å². The molecule has 1 aromatic heterocycles. The molecule has 1 heterocycles. The fraction of sp³-hybridized carbons (Fsp3) is 0.556. The van der Waals surface area contributed by atoms with Crippen molar-refractivity contribution >= 4 is 17.3 Å². The summed E-state index contributed by atoms with van der Waals surface area (Å²) in [5.74, 6) is 0.595. The van der Waals surface area contributed by atoms with E-state index < -0.39 is 11.9 Å². The molecule has 8 heteroatoms. The maximum atomic E-state index is 12.3. The monoisotopic (exact) mass is 266 g/mol. The zero-order chi connectivity index (χ0) is 12.9. The lowest BCUT2D eigenvalue weighted by molar-refractivity contribution is -0.140. The number of hydrogen-bond donors (Lipinski definition) is 2. The van der Waals surface area contributed by atoms with Crippen LogP contribution >= 0.6 is 11.3 Å². The van der Waals surface area contributed by atoms with E-state index in [-0.39, 0.29) is 0 Å². The first kappa shape index (κ1) is 13.8. The van der Waals surface area contributed by atoms with E-state index in [0.29, 0.717) is 23.9 Å². The summed E-state index contributed by atoms with van der Waals surface area (Å²) in [6.07, 6.45) is -3.93. The van der Waals surface area contributed by atoms with Crippen molar-refractivity contribution in [3.8, 4) is 0 Å². The van der Waals surface area contributed by atoms with E-state index in [9.17, 15) is 13.2 Å². The molecule has 0 aromatic carbocycles. The van der Waals surface area contributed by atoms with Crippen LogP contribution in [-0.2, 0) is 12.6 Å². The predicted molar refractivity (Wildman–Crippen MR) is 61.2 cm³/mol. The zero-order valence-electron chi connectivity index (χ0n) is 9.43. The van der Waals surface area contributed by atoms with Gasteiger partial charge in [0.15, 0.2) is 11.7 Å². The lowest BCUT2D eigenvalue weighted by atomic mass is 10.4. The Balaban J connectivity index is 2.46. The Morgan fingerprint density at radius 3 is 2.71 bits per heavy atom. The first-order chi connectivity index (χ1) is 7.97. The molecule has 4 nitrogen and oxygen atoms in total. The molecule has 0 atom stereocenters. The second kappa shape index (κ2) is 5.85. The third-order valence-corrected chi connectivity index (χ3v) is 2.84. The third-order valence-electron chi connectivity index (χ3n) is 1.93. The number of nitrogens with one attached hydrogen (secondary N) is 2. The summed E-state index contributed by atoms with van der Waals surface area (Å²) in [6.45, 7) is 0.484. The highest BCUT2D eigenvalue weighted by Gasteiger charge is 2.33. The van der Waals surface area contributed by atoms with Crippen molar-refractivity contribution in [1.82, 2.24) is 15.6 Å². The van der Waals surface area contributed by atoms with Gasteiger partial charge >= 0.3 is 6.18 Å². The normalized spacial score (nSPS) is 12.6. The minimum Gasteiger partial charge on any atom is -0.359 e. The van der Waals surface area contributed by atoms with Crippen LogP contribution in [0.3, 0.4) is 0 Å². The van der Waals surface area contributed by atoms with E-state index in [1.54, 1.807) is 14.1 Å².